The van der Waals surface area contributed by atoms with Gasteiger partial charge in [0.15, 0.2) is 0 Å². The summed E-state index contributed by atoms with van der Waals surface area (Å²) in [5.74, 6) is 0.663. The van der Waals surface area contributed by atoms with Crippen LogP contribution in [0.25, 0.3) is 0 Å². The molecule has 1 aliphatic heterocycles. The van der Waals surface area contributed by atoms with E-state index in [1.165, 1.54) is 0 Å². The molecule has 1 aliphatic rings. The molecule has 3 N–H and O–H groups in total. The molecule has 1 amide bonds. The highest BCUT2D eigenvalue weighted by molar-refractivity contribution is 5.93. The number of benzene rings is 1. The lowest BCUT2D eigenvalue weighted by Gasteiger charge is -2.11. The second-order valence-electron chi connectivity index (χ2n) is 3.65. The normalized spacial score (nSPS) is 15.1. The molecule has 0 fully saturated rings. The number of rotatable bonds is 1. The van der Waals surface area contributed by atoms with E-state index in [0.717, 1.165) is 24.1 Å². The Morgan fingerprint density at radius 2 is 2.20 bits per heavy atom. The third kappa shape index (κ3) is 1.88. The summed E-state index contributed by atoms with van der Waals surface area (Å²) in [5, 5.41) is 2.85. The van der Waals surface area contributed by atoms with Crippen LogP contribution in [0.5, 0.6) is 5.75 Å². The molecule has 0 aliphatic carbocycles. The monoisotopic (exact) mass is 206 g/mol. The lowest BCUT2D eigenvalue weighted by atomic mass is 10.1. The minimum atomic E-state index is 0.0561. The van der Waals surface area contributed by atoms with Crippen molar-refractivity contribution in [2.24, 2.45) is 0 Å². The zero-order valence-electron chi connectivity index (χ0n) is 8.67. The molecular weight excluding hydrogens is 192 g/mol. The Bertz CT molecular complexity index is 402. The Morgan fingerprint density at radius 3 is 2.93 bits per heavy atom. The van der Waals surface area contributed by atoms with Gasteiger partial charge >= 0.3 is 0 Å². The fourth-order valence-electron chi connectivity index (χ4n) is 1.80. The average Bonchev–Trinajstić information content (AvgIpc) is 2.37. The van der Waals surface area contributed by atoms with Crippen molar-refractivity contribution in [2.75, 3.05) is 18.2 Å². The zero-order chi connectivity index (χ0) is 10.8. The van der Waals surface area contributed by atoms with E-state index in [1.807, 2.05) is 6.07 Å². The maximum absolute atomic E-state index is 11.3. The summed E-state index contributed by atoms with van der Waals surface area (Å²) >= 11 is 0. The summed E-state index contributed by atoms with van der Waals surface area (Å²) in [4.78, 5) is 11.3. The fraction of sp³-hybridized carbons (Fsp3) is 0.364. The van der Waals surface area contributed by atoms with Crippen LogP contribution in [-0.2, 0) is 11.2 Å². The van der Waals surface area contributed by atoms with Gasteiger partial charge < -0.3 is 15.8 Å². The number of carbonyl (C=O) groups excluding carboxylic acids is 1. The van der Waals surface area contributed by atoms with Gasteiger partial charge in [0.2, 0.25) is 5.91 Å². The number of ether oxygens (including phenoxy) is 1. The van der Waals surface area contributed by atoms with E-state index in [0.29, 0.717) is 17.9 Å². The topological polar surface area (TPSA) is 64.3 Å². The predicted octanol–water partition coefficient (Wildman–Crippen LogP) is 1.55. The average molecular weight is 206 g/mol. The minimum absolute atomic E-state index is 0.0561. The molecule has 2 rings (SSSR count). The van der Waals surface area contributed by atoms with Crippen LogP contribution in [0.1, 0.15) is 18.4 Å². The number of fused-ring (bicyclic) bond motifs is 1. The van der Waals surface area contributed by atoms with Crippen LogP contribution >= 0.6 is 0 Å². The molecule has 0 radical (unpaired) electrons. The van der Waals surface area contributed by atoms with E-state index in [1.54, 1.807) is 13.2 Å². The standard InChI is InChI=1S/C11H14N2O2/c1-15-10-6-9-7(5-8(10)12)3-2-4-11(14)13-9/h5-6H,2-4,12H2,1H3,(H,13,14). The molecule has 1 aromatic carbocycles. The van der Waals surface area contributed by atoms with E-state index < -0.39 is 0 Å². The molecule has 0 unspecified atom stereocenters. The van der Waals surface area contributed by atoms with Gasteiger partial charge in [-0.2, -0.15) is 0 Å². The maximum Gasteiger partial charge on any atom is 0.224 e. The molecule has 0 bridgehead atoms. The van der Waals surface area contributed by atoms with Gasteiger partial charge in [0, 0.05) is 18.2 Å². The smallest absolute Gasteiger partial charge is 0.224 e. The van der Waals surface area contributed by atoms with E-state index >= 15 is 0 Å². The van der Waals surface area contributed by atoms with Gasteiger partial charge in [0.05, 0.1) is 12.8 Å². The Kier molecular flexibility index (Phi) is 2.49. The third-order valence-electron chi connectivity index (χ3n) is 2.58. The summed E-state index contributed by atoms with van der Waals surface area (Å²) in [5.41, 5.74) is 8.33. The van der Waals surface area contributed by atoms with E-state index in [2.05, 4.69) is 5.32 Å². The van der Waals surface area contributed by atoms with Crippen LogP contribution in [0.15, 0.2) is 12.1 Å². The number of carbonyl (C=O) groups is 1. The Labute approximate surface area is 88.4 Å². The summed E-state index contributed by atoms with van der Waals surface area (Å²) in [6, 6.07) is 3.66. The van der Waals surface area contributed by atoms with Crippen LogP contribution in [0.2, 0.25) is 0 Å². The van der Waals surface area contributed by atoms with E-state index in [9.17, 15) is 4.79 Å². The second kappa shape index (κ2) is 3.81. The number of hydrogen-bond donors (Lipinski definition) is 2. The van der Waals surface area contributed by atoms with E-state index in [-0.39, 0.29) is 5.91 Å². The minimum Gasteiger partial charge on any atom is -0.495 e. The second-order valence-corrected chi connectivity index (χ2v) is 3.65. The van der Waals surface area contributed by atoms with Crippen LogP contribution in [0.3, 0.4) is 0 Å². The highest BCUT2D eigenvalue weighted by atomic mass is 16.5. The first-order valence-electron chi connectivity index (χ1n) is 4.97. The molecule has 0 atom stereocenters. The predicted molar refractivity (Wildman–Crippen MR) is 59.0 cm³/mol. The molecule has 1 heterocycles. The van der Waals surface area contributed by atoms with Crippen molar-refractivity contribution < 1.29 is 9.53 Å². The number of nitrogen functional groups attached to an aromatic ring is 1. The number of methoxy groups -OCH3 is 1. The first-order valence-corrected chi connectivity index (χ1v) is 4.97. The van der Waals surface area contributed by atoms with Crippen LogP contribution in [0, 0.1) is 0 Å². The maximum atomic E-state index is 11.3. The lowest BCUT2D eigenvalue weighted by molar-refractivity contribution is -0.116. The van der Waals surface area contributed by atoms with Gasteiger partial charge in [-0.15, -0.1) is 0 Å². The van der Waals surface area contributed by atoms with Crippen molar-refractivity contribution in [1.82, 2.24) is 0 Å². The van der Waals surface area contributed by atoms with Crippen LogP contribution < -0.4 is 15.8 Å². The van der Waals surface area contributed by atoms with Gasteiger partial charge in [0.25, 0.3) is 0 Å². The van der Waals surface area contributed by atoms with Crippen molar-refractivity contribution in [1.29, 1.82) is 0 Å². The quantitative estimate of drug-likeness (QED) is 0.685. The highest BCUT2D eigenvalue weighted by Gasteiger charge is 2.14. The van der Waals surface area contributed by atoms with Gasteiger partial charge in [-0.3, -0.25) is 4.79 Å². The van der Waals surface area contributed by atoms with Crippen molar-refractivity contribution in [3.8, 4) is 5.75 Å². The SMILES string of the molecule is COc1cc2c(cc1N)CCCC(=O)N2. The molecule has 0 saturated carbocycles. The third-order valence-corrected chi connectivity index (χ3v) is 2.58. The number of anilines is 2. The van der Waals surface area contributed by atoms with Crippen molar-refractivity contribution >= 4 is 17.3 Å². The molecule has 1 aromatic rings. The molecule has 15 heavy (non-hydrogen) atoms. The molecule has 0 spiro atoms. The van der Waals surface area contributed by atoms with Crippen molar-refractivity contribution in [2.45, 2.75) is 19.3 Å². The number of nitrogens with one attached hydrogen (secondary N) is 1. The Balaban J connectivity index is 2.44. The summed E-state index contributed by atoms with van der Waals surface area (Å²) in [6.07, 6.45) is 2.31. The molecule has 4 heteroatoms. The first-order chi connectivity index (χ1) is 7.20. The van der Waals surface area contributed by atoms with Gasteiger partial charge in [0.1, 0.15) is 5.75 Å². The molecule has 0 aromatic heterocycles. The zero-order valence-corrected chi connectivity index (χ0v) is 8.67. The largest absolute Gasteiger partial charge is 0.495 e. The van der Waals surface area contributed by atoms with Gasteiger partial charge in [-0.05, 0) is 24.5 Å². The Hall–Kier alpha value is -1.71. The summed E-state index contributed by atoms with van der Waals surface area (Å²) in [6.45, 7) is 0. The number of amides is 1. The lowest BCUT2D eigenvalue weighted by Crippen LogP contribution is -2.09. The van der Waals surface area contributed by atoms with E-state index in [4.69, 9.17) is 10.5 Å². The van der Waals surface area contributed by atoms with Gasteiger partial charge in [-0.25, -0.2) is 0 Å². The number of aryl methyl sites for hydroxylation is 1. The number of nitrogens with two attached hydrogens (primary N) is 1. The molecule has 0 saturated heterocycles. The molecule has 80 valence electrons. The van der Waals surface area contributed by atoms with Crippen molar-refractivity contribution in [3.63, 3.8) is 0 Å². The van der Waals surface area contributed by atoms with Crippen molar-refractivity contribution in [3.05, 3.63) is 17.7 Å². The Morgan fingerprint density at radius 1 is 1.40 bits per heavy atom. The summed E-state index contributed by atoms with van der Waals surface area (Å²) < 4.78 is 5.11. The first kappa shape index (κ1) is 9.83. The van der Waals surface area contributed by atoms with Crippen LogP contribution in [-0.4, -0.2) is 13.0 Å². The van der Waals surface area contributed by atoms with Gasteiger partial charge in [-0.1, -0.05) is 0 Å². The molecule has 4 nitrogen and oxygen atoms in total. The summed E-state index contributed by atoms with van der Waals surface area (Å²) in [7, 11) is 1.57. The number of hydrogen-bond acceptors (Lipinski definition) is 3. The highest BCUT2D eigenvalue weighted by Crippen LogP contribution is 2.31. The fourth-order valence-corrected chi connectivity index (χ4v) is 1.80. The molecular formula is C11H14N2O2. The van der Waals surface area contributed by atoms with Crippen LogP contribution in [0.4, 0.5) is 11.4 Å².